The van der Waals surface area contributed by atoms with Gasteiger partial charge in [-0.15, -0.1) is 0 Å². The Hall–Kier alpha value is -0.650. The number of amides is 1. The summed E-state index contributed by atoms with van der Waals surface area (Å²) in [5.74, 6) is -0.0700. The van der Waals surface area contributed by atoms with E-state index in [2.05, 4.69) is 20.8 Å². The van der Waals surface area contributed by atoms with Crippen LogP contribution in [0.3, 0.4) is 0 Å². The molecule has 0 aromatic heterocycles. The van der Waals surface area contributed by atoms with Crippen LogP contribution in [-0.4, -0.2) is 47.2 Å². The Balaban J connectivity index is 1.95. The van der Waals surface area contributed by atoms with E-state index in [0.29, 0.717) is 30.9 Å². The number of rotatable bonds is 4. The Kier molecular flexibility index (Phi) is 5.75. The molecule has 2 fully saturated rings. The third kappa shape index (κ3) is 4.06. The van der Waals surface area contributed by atoms with Crippen molar-refractivity contribution in [2.24, 2.45) is 11.3 Å². The van der Waals surface area contributed by atoms with E-state index >= 15 is 0 Å². The van der Waals surface area contributed by atoms with E-state index in [0.717, 1.165) is 25.7 Å². The molecule has 1 saturated carbocycles. The molecule has 0 radical (unpaired) electrons. The second-order valence-electron chi connectivity index (χ2n) is 7.98. The summed E-state index contributed by atoms with van der Waals surface area (Å²) in [5.41, 5.74) is 0.305. The summed E-state index contributed by atoms with van der Waals surface area (Å²) in [5, 5.41) is 9.98. The minimum Gasteiger partial charge on any atom is -0.374 e. The normalized spacial score (nSPS) is 33.0. The molecule has 1 aliphatic heterocycles. The number of carbonyl (C=O) groups excluding carboxylic acids is 1. The lowest BCUT2D eigenvalue weighted by Gasteiger charge is -2.41. The van der Waals surface area contributed by atoms with E-state index in [9.17, 15) is 9.90 Å². The molecule has 1 aliphatic carbocycles. The zero-order valence-electron chi connectivity index (χ0n) is 15.3. The first-order valence-corrected chi connectivity index (χ1v) is 9.02. The standard InChI is InChI=1S/C18H33NO4/c1-6-15(20)19(7-2)16(21)14-12-22-18(23-14)10-8-13(9-11-18)17(3,4)5/h13-15,20H,6-12H2,1-5H3. The molecule has 2 rings (SSSR count). The van der Waals surface area contributed by atoms with Gasteiger partial charge in [0.2, 0.25) is 0 Å². The summed E-state index contributed by atoms with van der Waals surface area (Å²) < 4.78 is 12.0. The van der Waals surface area contributed by atoms with Crippen molar-refractivity contribution < 1.29 is 19.4 Å². The predicted octanol–water partition coefficient (Wildman–Crippen LogP) is 2.91. The zero-order chi connectivity index (χ0) is 17.3. The van der Waals surface area contributed by atoms with Crippen molar-refractivity contribution in [3.63, 3.8) is 0 Å². The molecule has 1 N–H and O–H groups in total. The molecule has 1 heterocycles. The number of aliphatic hydroxyl groups excluding tert-OH is 1. The number of hydrogen-bond acceptors (Lipinski definition) is 4. The number of carbonyl (C=O) groups is 1. The van der Waals surface area contributed by atoms with Gasteiger partial charge in [-0.2, -0.15) is 0 Å². The van der Waals surface area contributed by atoms with E-state index < -0.39 is 18.1 Å². The van der Waals surface area contributed by atoms with Crippen molar-refractivity contribution in [3.05, 3.63) is 0 Å². The molecule has 1 amide bonds. The number of hydrogen-bond donors (Lipinski definition) is 1. The third-order valence-electron chi connectivity index (χ3n) is 5.45. The van der Waals surface area contributed by atoms with Crippen LogP contribution < -0.4 is 0 Å². The minimum atomic E-state index is -0.746. The van der Waals surface area contributed by atoms with E-state index in [-0.39, 0.29) is 5.91 Å². The van der Waals surface area contributed by atoms with E-state index in [1.54, 1.807) is 0 Å². The summed E-state index contributed by atoms with van der Waals surface area (Å²) in [4.78, 5) is 14.1. The van der Waals surface area contributed by atoms with Crippen LogP contribution in [0.15, 0.2) is 0 Å². The lowest BCUT2D eigenvalue weighted by Crippen LogP contribution is -2.47. The highest BCUT2D eigenvalue weighted by atomic mass is 16.7. The molecule has 2 aliphatic rings. The van der Waals surface area contributed by atoms with Crippen LogP contribution in [0.1, 0.15) is 66.7 Å². The van der Waals surface area contributed by atoms with Gasteiger partial charge in [0.1, 0.15) is 6.23 Å². The summed E-state index contributed by atoms with van der Waals surface area (Å²) in [6.45, 7) is 11.4. The highest BCUT2D eigenvalue weighted by Gasteiger charge is 2.48. The second-order valence-corrected chi connectivity index (χ2v) is 7.98. The van der Waals surface area contributed by atoms with E-state index in [1.165, 1.54) is 4.90 Å². The van der Waals surface area contributed by atoms with Crippen LogP contribution in [0.5, 0.6) is 0 Å². The van der Waals surface area contributed by atoms with Crippen molar-refractivity contribution in [1.29, 1.82) is 0 Å². The lowest BCUT2D eigenvalue weighted by atomic mass is 9.71. The van der Waals surface area contributed by atoms with Crippen molar-refractivity contribution >= 4 is 5.91 Å². The van der Waals surface area contributed by atoms with Gasteiger partial charge in [-0.3, -0.25) is 4.79 Å². The smallest absolute Gasteiger partial charge is 0.256 e. The maximum atomic E-state index is 12.6. The second kappa shape index (κ2) is 7.08. The summed E-state index contributed by atoms with van der Waals surface area (Å²) in [6.07, 6.45) is 3.03. The molecule has 23 heavy (non-hydrogen) atoms. The van der Waals surface area contributed by atoms with Gasteiger partial charge in [0.15, 0.2) is 11.9 Å². The first-order valence-electron chi connectivity index (χ1n) is 9.02. The van der Waals surface area contributed by atoms with Gasteiger partial charge in [0.05, 0.1) is 6.61 Å². The third-order valence-corrected chi connectivity index (χ3v) is 5.45. The maximum Gasteiger partial charge on any atom is 0.256 e. The molecule has 5 nitrogen and oxygen atoms in total. The molecular formula is C18H33NO4. The van der Waals surface area contributed by atoms with Gasteiger partial charge >= 0.3 is 0 Å². The average Bonchev–Trinajstić information content (AvgIpc) is 2.91. The van der Waals surface area contributed by atoms with Crippen molar-refractivity contribution in [3.8, 4) is 0 Å². The predicted molar refractivity (Wildman–Crippen MR) is 88.7 cm³/mol. The maximum absolute atomic E-state index is 12.6. The molecule has 1 spiro atoms. The largest absolute Gasteiger partial charge is 0.374 e. The SMILES string of the molecule is CCC(O)N(CC)C(=O)C1COC2(CCC(C(C)(C)C)CC2)O1. The van der Waals surface area contributed by atoms with E-state index in [4.69, 9.17) is 9.47 Å². The lowest BCUT2D eigenvalue weighted by molar-refractivity contribution is -0.201. The van der Waals surface area contributed by atoms with Crippen LogP contribution in [-0.2, 0) is 14.3 Å². The molecule has 5 heteroatoms. The zero-order valence-corrected chi connectivity index (χ0v) is 15.3. The quantitative estimate of drug-likeness (QED) is 0.807. The number of aliphatic hydroxyl groups is 1. The Labute approximate surface area is 140 Å². The fourth-order valence-electron chi connectivity index (χ4n) is 3.78. The van der Waals surface area contributed by atoms with Crippen LogP contribution in [0.25, 0.3) is 0 Å². The van der Waals surface area contributed by atoms with Gasteiger partial charge in [0, 0.05) is 19.4 Å². The summed E-state index contributed by atoms with van der Waals surface area (Å²) in [6, 6.07) is 0. The Morgan fingerprint density at radius 3 is 2.39 bits per heavy atom. The fourth-order valence-corrected chi connectivity index (χ4v) is 3.78. The fraction of sp³-hybridized carbons (Fsp3) is 0.944. The summed E-state index contributed by atoms with van der Waals surface area (Å²) in [7, 11) is 0. The highest BCUT2D eigenvalue weighted by molar-refractivity contribution is 5.81. The molecule has 2 unspecified atom stereocenters. The molecule has 0 aromatic carbocycles. The van der Waals surface area contributed by atoms with Gasteiger partial charge in [0.25, 0.3) is 5.91 Å². The first kappa shape index (κ1) is 18.7. The molecule has 0 aromatic rings. The highest BCUT2D eigenvalue weighted by Crippen LogP contribution is 2.45. The molecule has 0 bridgehead atoms. The number of likely N-dealkylation sites (N-methyl/N-ethyl adjacent to an activating group) is 1. The van der Waals surface area contributed by atoms with Crippen molar-refractivity contribution in [2.75, 3.05) is 13.2 Å². The minimum absolute atomic E-state index is 0.156. The topological polar surface area (TPSA) is 59.0 Å². The van der Waals surface area contributed by atoms with Crippen molar-refractivity contribution in [1.82, 2.24) is 4.90 Å². The van der Waals surface area contributed by atoms with Gasteiger partial charge in [-0.05, 0) is 37.5 Å². The molecule has 2 atom stereocenters. The Bertz CT molecular complexity index is 410. The number of ether oxygens (including phenoxy) is 2. The molecular weight excluding hydrogens is 294 g/mol. The van der Waals surface area contributed by atoms with E-state index in [1.807, 2.05) is 13.8 Å². The van der Waals surface area contributed by atoms with Crippen LogP contribution in [0, 0.1) is 11.3 Å². The van der Waals surface area contributed by atoms with Crippen LogP contribution >= 0.6 is 0 Å². The van der Waals surface area contributed by atoms with Crippen molar-refractivity contribution in [2.45, 2.75) is 84.8 Å². The summed E-state index contributed by atoms with van der Waals surface area (Å²) >= 11 is 0. The van der Waals surface area contributed by atoms with Crippen LogP contribution in [0.2, 0.25) is 0 Å². The Morgan fingerprint density at radius 1 is 1.30 bits per heavy atom. The van der Waals surface area contributed by atoms with Gasteiger partial charge in [-0.25, -0.2) is 0 Å². The average molecular weight is 327 g/mol. The Morgan fingerprint density at radius 2 is 1.91 bits per heavy atom. The van der Waals surface area contributed by atoms with Crippen LogP contribution in [0.4, 0.5) is 0 Å². The van der Waals surface area contributed by atoms with Gasteiger partial charge in [-0.1, -0.05) is 27.7 Å². The first-order chi connectivity index (χ1) is 10.7. The molecule has 1 saturated heterocycles. The van der Waals surface area contributed by atoms with Gasteiger partial charge < -0.3 is 19.5 Å². The number of nitrogens with zero attached hydrogens (tertiary/aromatic N) is 1. The monoisotopic (exact) mass is 327 g/mol. The molecule has 134 valence electrons.